The highest BCUT2D eigenvalue weighted by atomic mass is 16.5. The van der Waals surface area contributed by atoms with Crippen LogP contribution in [0.25, 0.3) is 0 Å². The number of anilines is 1. The number of hydrogen-bond acceptors (Lipinski definition) is 4. The maximum absolute atomic E-state index is 12.3. The summed E-state index contributed by atoms with van der Waals surface area (Å²) in [4.78, 5) is 16.5. The quantitative estimate of drug-likeness (QED) is 0.883. The standard InChI is InChI=1S/C18H24N4O2/c1-22-10-9-20-17(22)12-24-16-7-5-15(6-8-16)21-18(23)13-3-2-4-14(19)11-13/h5-10,13-14H,2-4,11-12,19H2,1H3,(H,21,23). The zero-order valence-corrected chi connectivity index (χ0v) is 13.9. The van der Waals surface area contributed by atoms with Gasteiger partial charge in [-0.2, -0.15) is 0 Å². The fourth-order valence-corrected chi connectivity index (χ4v) is 3.03. The van der Waals surface area contributed by atoms with Gasteiger partial charge in [0.1, 0.15) is 18.2 Å². The number of amides is 1. The molecule has 2 unspecified atom stereocenters. The van der Waals surface area contributed by atoms with E-state index in [-0.39, 0.29) is 17.9 Å². The Kier molecular flexibility index (Phi) is 5.15. The van der Waals surface area contributed by atoms with Crippen molar-refractivity contribution in [3.8, 4) is 5.75 Å². The van der Waals surface area contributed by atoms with Crippen LogP contribution in [-0.4, -0.2) is 21.5 Å². The van der Waals surface area contributed by atoms with E-state index in [1.807, 2.05) is 42.1 Å². The number of nitrogens with zero attached hydrogens (tertiary/aromatic N) is 2. The van der Waals surface area contributed by atoms with E-state index in [2.05, 4.69) is 10.3 Å². The zero-order valence-electron chi connectivity index (χ0n) is 13.9. The third-order valence-corrected chi connectivity index (χ3v) is 4.50. The highest BCUT2D eigenvalue weighted by molar-refractivity contribution is 5.92. The fourth-order valence-electron chi connectivity index (χ4n) is 3.03. The summed E-state index contributed by atoms with van der Waals surface area (Å²) in [7, 11) is 1.93. The van der Waals surface area contributed by atoms with Gasteiger partial charge in [-0.05, 0) is 43.5 Å². The van der Waals surface area contributed by atoms with Crippen LogP contribution in [0.5, 0.6) is 5.75 Å². The molecule has 128 valence electrons. The highest BCUT2D eigenvalue weighted by Crippen LogP contribution is 2.25. The van der Waals surface area contributed by atoms with Crippen LogP contribution in [0.2, 0.25) is 0 Å². The van der Waals surface area contributed by atoms with Crippen LogP contribution >= 0.6 is 0 Å². The topological polar surface area (TPSA) is 82.2 Å². The summed E-state index contributed by atoms with van der Waals surface area (Å²) in [6.45, 7) is 0.412. The van der Waals surface area contributed by atoms with Crippen molar-refractivity contribution in [2.24, 2.45) is 18.7 Å². The Bertz CT molecular complexity index is 681. The lowest BCUT2D eigenvalue weighted by Crippen LogP contribution is -2.34. The fraction of sp³-hybridized carbons (Fsp3) is 0.444. The van der Waals surface area contributed by atoms with Crippen LogP contribution in [0.3, 0.4) is 0 Å². The van der Waals surface area contributed by atoms with Crippen LogP contribution in [0.4, 0.5) is 5.69 Å². The SMILES string of the molecule is Cn1ccnc1COc1ccc(NC(=O)C2CCCC(N)C2)cc1. The van der Waals surface area contributed by atoms with Gasteiger partial charge < -0.3 is 20.4 Å². The van der Waals surface area contributed by atoms with Crippen LogP contribution < -0.4 is 15.8 Å². The molecule has 3 N–H and O–H groups in total. The molecule has 1 aliphatic carbocycles. The molecule has 0 saturated heterocycles. The van der Waals surface area contributed by atoms with E-state index in [1.54, 1.807) is 6.20 Å². The van der Waals surface area contributed by atoms with Crippen molar-refractivity contribution in [2.75, 3.05) is 5.32 Å². The van der Waals surface area contributed by atoms with Crippen LogP contribution in [0.1, 0.15) is 31.5 Å². The first-order valence-electron chi connectivity index (χ1n) is 8.37. The number of aromatic nitrogens is 2. The predicted octanol–water partition coefficient (Wildman–Crippen LogP) is 2.46. The van der Waals surface area contributed by atoms with Crippen molar-refractivity contribution < 1.29 is 9.53 Å². The highest BCUT2D eigenvalue weighted by Gasteiger charge is 2.25. The van der Waals surface area contributed by atoms with Gasteiger partial charge in [0.2, 0.25) is 5.91 Å². The average molecular weight is 328 g/mol. The molecule has 0 bridgehead atoms. The van der Waals surface area contributed by atoms with Crippen molar-refractivity contribution in [2.45, 2.75) is 38.3 Å². The third-order valence-electron chi connectivity index (χ3n) is 4.50. The lowest BCUT2D eigenvalue weighted by molar-refractivity contribution is -0.120. The normalized spacial score (nSPS) is 20.6. The number of hydrogen-bond donors (Lipinski definition) is 2. The number of carbonyl (C=O) groups excluding carboxylic acids is 1. The van der Waals surface area contributed by atoms with Crippen molar-refractivity contribution in [3.63, 3.8) is 0 Å². The Balaban J connectivity index is 1.52. The minimum Gasteiger partial charge on any atom is -0.486 e. The Morgan fingerprint density at radius 3 is 2.83 bits per heavy atom. The predicted molar refractivity (Wildman–Crippen MR) is 92.5 cm³/mol. The van der Waals surface area contributed by atoms with Gasteiger partial charge in [-0.3, -0.25) is 4.79 Å². The molecular formula is C18H24N4O2. The summed E-state index contributed by atoms with van der Waals surface area (Å²) in [5, 5.41) is 2.97. The van der Waals surface area contributed by atoms with Crippen LogP contribution in [-0.2, 0) is 18.4 Å². The van der Waals surface area contributed by atoms with E-state index in [9.17, 15) is 4.79 Å². The second-order valence-corrected chi connectivity index (χ2v) is 6.38. The molecule has 24 heavy (non-hydrogen) atoms. The van der Waals surface area contributed by atoms with Crippen molar-refractivity contribution in [1.82, 2.24) is 9.55 Å². The summed E-state index contributed by atoms with van der Waals surface area (Å²) < 4.78 is 7.63. The largest absolute Gasteiger partial charge is 0.486 e. The zero-order chi connectivity index (χ0) is 16.9. The lowest BCUT2D eigenvalue weighted by Gasteiger charge is -2.25. The Hall–Kier alpha value is -2.34. The van der Waals surface area contributed by atoms with Crippen molar-refractivity contribution in [3.05, 3.63) is 42.5 Å². The Morgan fingerprint density at radius 1 is 1.38 bits per heavy atom. The van der Waals surface area contributed by atoms with Gasteiger partial charge in [0.05, 0.1) is 0 Å². The molecule has 0 radical (unpaired) electrons. The number of nitrogens with two attached hydrogens (primary N) is 1. The number of carbonyl (C=O) groups is 1. The molecule has 6 heteroatoms. The van der Waals surface area contributed by atoms with E-state index in [0.29, 0.717) is 6.61 Å². The second kappa shape index (κ2) is 7.49. The minimum absolute atomic E-state index is 0.0214. The Labute approximate surface area is 142 Å². The molecule has 2 aromatic rings. The molecule has 1 aliphatic rings. The van der Waals surface area contributed by atoms with Gasteiger partial charge >= 0.3 is 0 Å². The van der Waals surface area contributed by atoms with E-state index in [0.717, 1.165) is 42.9 Å². The number of imidazole rings is 1. The molecule has 0 aliphatic heterocycles. The molecule has 0 spiro atoms. The summed E-state index contributed by atoms with van der Waals surface area (Å²) in [6.07, 6.45) is 7.37. The third kappa shape index (κ3) is 4.14. The molecule has 1 amide bonds. The molecule has 1 heterocycles. The van der Waals surface area contributed by atoms with Gasteiger partial charge in [0.25, 0.3) is 0 Å². The molecule has 2 atom stereocenters. The van der Waals surface area contributed by atoms with Crippen molar-refractivity contribution in [1.29, 1.82) is 0 Å². The van der Waals surface area contributed by atoms with E-state index in [1.165, 1.54) is 0 Å². The molecule has 1 fully saturated rings. The van der Waals surface area contributed by atoms with E-state index >= 15 is 0 Å². The van der Waals surface area contributed by atoms with Gasteiger partial charge in [0, 0.05) is 37.1 Å². The first kappa shape index (κ1) is 16.5. The maximum atomic E-state index is 12.3. The van der Waals surface area contributed by atoms with E-state index < -0.39 is 0 Å². The molecule has 3 rings (SSSR count). The summed E-state index contributed by atoms with van der Waals surface area (Å²) in [5.74, 6) is 1.69. The van der Waals surface area contributed by atoms with Gasteiger partial charge in [-0.15, -0.1) is 0 Å². The van der Waals surface area contributed by atoms with Crippen LogP contribution in [0.15, 0.2) is 36.7 Å². The molecule has 1 aromatic carbocycles. The molecular weight excluding hydrogens is 304 g/mol. The first-order chi connectivity index (χ1) is 11.6. The first-order valence-corrected chi connectivity index (χ1v) is 8.37. The molecule has 6 nitrogen and oxygen atoms in total. The van der Waals surface area contributed by atoms with E-state index in [4.69, 9.17) is 10.5 Å². The van der Waals surface area contributed by atoms with Crippen molar-refractivity contribution >= 4 is 11.6 Å². The van der Waals surface area contributed by atoms with Gasteiger partial charge in [-0.1, -0.05) is 6.42 Å². The number of rotatable bonds is 5. The van der Waals surface area contributed by atoms with Gasteiger partial charge in [0.15, 0.2) is 0 Å². The van der Waals surface area contributed by atoms with Crippen LogP contribution in [0, 0.1) is 5.92 Å². The number of nitrogens with one attached hydrogen (secondary N) is 1. The number of ether oxygens (including phenoxy) is 1. The summed E-state index contributed by atoms with van der Waals surface area (Å²) >= 11 is 0. The second-order valence-electron chi connectivity index (χ2n) is 6.38. The number of benzene rings is 1. The molecule has 1 aromatic heterocycles. The summed E-state index contributed by atoms with van der Waals surface area (Å²) in [6, 6.07) is 7.57. The minimum atomic E-state index is 0.0214. The Morgan fingerprint density at radius 2 is 2.17 bits per heavy atom. The molecule has 1 saturated carbocycles. The monoisotopic (exact) mass is 328 g/mol. The number of aryl methyl sites for hydroxylation is 1. The summed E-state index contributed by atoms with van der Waals surface area (Å²) in [5.41, 5.74) is 6.74. The average Bonchev–Trinajstić information content (AvgIpc) is 2.99. The lowest BCUT2D eigenvalue weighted by atomic mass is 9.85. The van der Waals surface area contributed by atoms with Gasteiger partial charge in [-0.25, -0.2) is 4.98 Å². The maximum Gasteiger partial charge on any atom is 0.227 e. The smallest absolute Gasteiger partial charge is 0.227 e.